The quantitative estimate of drug-likeness (QED) is 0.681. The lowest BCUT2D eigenvalue weighted by atomic mass is 10.1. The molecule has 0 saturated carbocycles. The van der Waals surface area contributed by atoms with Crippen LogP contribution in [0.3, 0.4) is 0 Å². The van der Waals surface area contributed by atoms with Gasteiger partial charge in [-0.2, -0.15) is 5.10 Å². The summed E-state index contributed by atoms with van der Waals surface area (Å²) in [4.78, 5) is 0.225. The summed E-state index contributed by atoms with van der Waals surface area (Å²) in [5.41, 5.74) is 6.24. The van der Waals surface area contributed by atoms with Gasteiger partial charge in [0.05, 0.1) is 11.1 Å². The second-order valence-corrected chi connectivity index (χ2v) is 6.41. The van der Waals surface area contributed by atoms with E-state index in [-0.39, 0.29) is 11.4 Å². The van der Waals surface area contributed by atoms with Gasteiger partial charge in [0.2, 0.25) is 10.0 Å². The average Bonchev–Trinajstić information content (AvgIpc) is 2.90. The van der Waals surface area contributed by atoms with Crippen LogP contribution < -0.4 is 10.5 Å². The highest BCUT2D eigenvalue weighted by Gasteiger charge is 2.15. The number of H-pyrrole nitrogens is 1. The van der Waals surface area contributed by atoms with E-state index in [0.717, 1.165) is 10.8 Å². The van der Waals surface area contributed by atoms with E-state index in [0.29, 0.717) is 11.4 Å². The van der Waals surface area contributed by atoms with Crippen molar-refractivity contribution in [2.45, 2.75) is 11.4 Å². The number of sulfonamides is 1. The van der Waals surface area contributed by atoms with Crippen molar-refractivity contribution in [3.05, 3.63) is 54.2 Å². The number of fused-ring (bicyclic) bond motifs is 1. The van der Waals surface area contributed by atoms with E-state index in [9.17, 15) is 8.42 Å². The van der Waals surface area contributed by atoms with Crippen molar-refractivity contribution in [2.24, 2.45) is 0 Å². The number of rotatable bonds is 4. The molecule has 3 aromatic rings. The van der Waals surface area contributed by atoms with Crippen molar-refractivity contribution >= 4 is 26.6 Å². The summed E-state index contributed by atoms with van der Waals surface area (Å²) in [6.07, 6.45) is 1.50. The normalized spacial score (nSPS) is 11.8. The minimum atomic E-state index is -3.59. The maximum atomic E-state index is 12.3. The maximum Gasteiger partial charge on any atom is 0.240 e. The molecule has 0 fully saturated rings. The van der Waals surface area contributed by atoms with Crippen molar-refractivity contribution in [2.75, 3.05) is 5.73 Å². The topological polar surface area (TPSA) is 101 Å². The number of anilines is 1. The molecule has 4 N–H and O–H groups in total. The smallest absolute Gasteiger partial charge is 0.240 e. The molecule has 0 unspecified atom stereocenters. The molecule has 21 heavy (non-hydrogen) atoms. The molecule has 0 bridgehead atoms. The predicted octanol–water partition coefficient (Wildman–Crippen LogP) is 1.62. The highest BCUT2D eigenvalue weighted by atomic mass is 32.2. The fourth-order valence-electron chi connectivity index (χ4n) is 2.05. The van der Waals surface area contributed by atoms with Gasteiger partial charge in [-0.3, -0.25) is 5.10 Å². The van der Waals surface area contributed by atoms with Crippen molar-refractivity contribution in [1.82, 2.24) is 14.9 Å². The SMILES string of the molecule is Nc1[nH]ncc1CNS(=O)(=O)c1ccc2ccccc2c1. The summed E-state index contributed by atoms with van der Waals surface area (Å²) in [6, 6.07) is 12.6. The zero-order valence-electron chi connectivity index (χ0n) is 11.1. The first-order chi connectivity index (χ1) is 10.1. The minimum Gasteiger partial charge on any atom is -0.384 e. The Kier molecular flexibility index (Phi) is 3.36. The van der Waals surface area contributed by atoms with Crippen LogP contribution in [0.25, 0.3) is 10.8 Å². The van der Waals surface area contributed by atoms with Gasteiger partial charge in [-0.05, 0) is 22.9 Å². The van der Waals surface area contributed by atoms with Gasteiger partial charge in [-0.15, -0.1) is 0 Å². The molecule has 0 atom stereocenters. The Bertz CT molecular complexity index is 887. The first kappa shape index (κ1) is 13.6. The van der Waals surface area contributed by atoms with Crippen molar-refractivity contribution in [1.29, 1.82) is 0 Å². The van der Waals surface area contributed by atoms with Gasteiger partial charge in [-0.25, -0.2) is 13.1 Å². The molecular formula is C14H14N4O2S. The first-order valence-electron chi connectivity index (χ1n) is 6.32. The molecule has 0 aliphatic carbocycles. The molecule has 7 heteroatoms. The lowest BCUT2D eigenvalue weighted by molar-refractivity contribution is 0.581. The van der Waals surface area contributed by atoms with Crippen LogP contribution >= 0.6 is 0 Å². The summed E-state index contributed by atoms with van der Waals surface area (Å²) >= 11 is 0. The number of benzene rings is 2. The van der Waals surface area contributed by atoms with Gasteiger partial charge in [0, 0.05) is 12.1 Å². The van der Waals surface area contributed by atoms with E-state index in [1.807, 2.05) is 24.3 Å². The van der Waals surface area contributed by atoms with Gasteiger partial charge in [0.1, 0.15) is 5.82 Å². The number of hydrogen-bond donors (Lipinski definition) is 3. The fraction of sp³-hybridized carbons (Fsp3) is 0.0714. The summed E-state index contributed by atoms with van der Waals surface area (Å²) in [6.45, 7) is 0.0947. The lowest BCUT2D eigenvalue weighted by Gasteiger charge is -2.07. The van der Waals surface area contributed by atoms with E-state index in [2.05, 4.69) is 14.9 Å². The summed E-state index contributed by atoms with van der Waals surface area (Å²) in [5, 5.41) is 8.19. The summed E-state index contributed by atoms with van der Waals surface area (Å²) in [7, 11) is -3.59. The van der Waals surface area contributed by atoms with Crippen LogP contribution in [0.1, 0.15) is 5.56 Å². The van der Waals surface area contributed by atoms with Gasteiger partial charge in [0.15, 0.2) is 0 Å². The van der Waals surface area contributed by atoms with E-state index in [4.69, 9.17) is 5.73 Å². The molecule has 1 aromatic heterocycles. The summed E-state index contributed by atoms with van der Waals surface area (Å²) in [5.74, 6) is 0.358. The fourth-order valence-corrected chi connectivity index (χ4v) is 3.09. The molecule has 108 valence electrons. The third-order valence-corrected chi connectivity index (χ3v) is 4.63. The van der Waals surface area contributed by atoms with Crippen molar-refractivity contribution in [3.63, 3.8) is 0 Å². The van der Waals surface area contributed by atoms with Crippen LogP contribution in [0.2, 0.25) is 0 Å². The van der Waals surface area contributed by atoms with Crippen LogP contribution in [0, 0.1) is 0 Å². The Hall–Kier alpha value is -2.38. The van der Waals surface area contributed by atoms with Crippen LogP contribution in [-0.2, 0) is 16.6 Å². The van der Waals surface area contributed by atoms with Gasteiger partial charge in [-0.1, -0.05) is 30.3 Å². The van der Waals surface area contributed by atoms with E-state index in [1.165, 1.54) is 6.20 Å². The Morgan fingerprint density at radius 2 is 1.90 bits per heavy atom. The van der Waals surface area contributed by atoms with Gasteiger partial charge < -0.3 is 5.73 Å². The van der Waals surface area contributed by atoms with Crippen LogP contribution in [0.4, 0.5) is 5.82 Å². The standard InChI is InChI=1S/C14H14N4O2S/c15-14-12(8-16-18-14)9-17-21(19,20)13-6-5-10-3-1-2-4-11(10)7-13/h1-8,17H,9H2,(H3,15,16,18). The van der Waals surface area contributed by atoms with E-state index >= 15 is 0 Å². The summed E-state index contributed by atoms with van der Waals surface area (Å²) < 4.78 is 27.1. The molecule has 0 amide bonds. The molecule has 3 rings (SSSR count). The molecule has 0 spiro atoms. The molecule has 0 saturated heterocycles. The molecule has 1 heterocycles. The number of nitrogens with two attached hydrogens (primary N) is 1. The number of aromatic amines is 1. The highest BCUT2D eigenvalue weighted by Crippen LogP contribution is 2.19. The molecular weight excluding hydrogens is 288 g/mol. The maximum absolute atomic E-state index is 12.3. The molecule has 6 nitrogen and oxygen atoms in total. The number of hydrogen-bond acceptors (Lipinski definition) is 4. The lowest BCUT2D eigenvalue weighted by Crippen LogP contribution is -2.23. The first-order valence-corrected chi connectivity index (χ1v) is 7.81. The second-order valence-electron chi connectivity index (χ2n) is 4.64. The number of nitrogens with zero attached hydrogens (tertiary/aromatic N) is 1. The van der Waals surface area contributed by atoms with Crippen LogP contribution in [0.5, 0.6) is 0 Å². The minimum absolute atomic E-state index is 0.0947. The van der Waals surface area contributed by atoms with Crippen molar-refractivity contribution < 1.29 is 8.42 Å². The second kappa shape index (κ2) is 5.19. The number of nitrogen functional groups attached to an aromatic ring is 1. The average molecular weight is 302 g/mol. The Morgan fingerprint density at radius 1 is 1.14 bits per heavy atom. The molecule has 0 aliphatic heterocycles. The van der Waals surface area contributed by atoms with E-state index < -0.39 is 10.0 Å². The largest absolute Gasteiger partial charge is 0.384 e. The van der Waals surface area contributed by atoms with Crippen molar-refractivity contribution in [3.8, 4) is 0 Å². The Morgan fingerprint density at radius 3 is 2.62 bits per heavy atom. The molecule has 0 radical (unpaired) electrons. The number of aromatic nitrogens is 2. The third kappa shape index (κ3) is 2.74. The predicted molar refractivity (Wildman–Crippen MR) is 81.0 cm³/mol. The zero-order chi connectivity index (χ0) is 14.9. The Balaban J connectivity index is 1.87. The number of nitrogens with one attached hydrogen (secondary N) is 2. The Labute approximate surface area is 122 Å². The molecule has 2 aromatic carbocycles. The van der Waals surface area contributed by atoms with E-state index in [1.54, 1.807) is 18.2 Å². The molecule has 0 aliphatic rings. The monoisotopic (exact) mass is 302 g/mol. The van der Waals surface area contributed by atoms with Crippen LogP contribution in [-0.4, -0.2) is 18.6 Å². The van der Waals surface area contributed by atoms with Crippen LogP contribution in [0.15, 0.2) is 53.6 Å². The third-order valence-electron chi connectivity index (χ3n) is 3.24. The van der Waals surface area contributed by atoms with Gasteiger partial charge in [0.25, 0.3) is 0 Å². The zero-order valence-corrected chi connectivity index (χ0v) is 11.9. The van der Waals surface area contributed by atoms with Gasteiger partial charge >= 0.3 is 0 Å². The highest BCUT2D eigenvalue weighted by molar-refractivity contribution is 7.89.